The van der Waals surface area contributed by atoms with Crippen LogP contribution < -0.4 is 5.32 Å². The molecular formula is C20H23F3N2O3S. The van der Waals surface area contributed by atoms with Gasteiger partial charge < -0.3 is 5.32 Å². The number of sulfonamides is 1. The standard InChI is InChI=1S/C20H23F3N2O3S/c1-19(2,15-8-7-9-16(12-15)20(21,22)23)14-24-18(26)13-25(3)29(27,28)17-10-5-4-6-11-17/h4-12H,13-14H2,1-3H3,(H,24,26). The molecule has 0 heterocycles. The number of nitrogens with zero attached hydrogens (tertiary/aromatic N) is 1. The first-order valence-corrected chi connectivity index (χ1v) is 10.2. The Morgan fingerprint density at radius 2 is 1.59 bits per heavy atom. The van der Waals surface area contributed by atoms with Crippen molar-refractivity contribution < 1.29 is 26.4 Å². The minimum absolute atomic E-state index is 0.0480. The first-order chi connectivity index (χ1) is 13.3. The third-order valence-corrected chi connectivity index (χ3v) is 6.33. The highest BCUT2D eigenvalue weighted by Gasteiger charge is 2.32. The SMILES string of the molecule is CN(CC(=O)NCC(C)(C)c1cccc(C(F)(F)F)c1)S(=O)(=O)c1ccccc1. The summed E-state index contributed by atoms with van der Waals surface area (Å²) in [5.74, 6) is -0.549. The molecular weight excluding hydrogens is 405 g/mol. The van der Waals surface area contributed by atoms with E-state index in [0.717, 1.165) is 16.4 Å². The van der Waals surface area contributed by atoms with Crippen LogP contribution in [-0.2, 0) is 26.4 Å². The van der Waals surface area contributed by atoms with Gasteiger partial charge in [0.1, 0.15) is 0 Å². The monoisotopic (exact) mass is 428 g/mol. The second-order valence-electron chi connectivity index (χ2n) is 7.31. The molecule has 2 aromatic rings. The number of hydrogen-bond donors (Lipinski definition) is 1. The third-order valence-electron chi connectivity index (χ3n) is 4.52. The number of nitrogens with one attached hydrogen (secondary N) is 1. The summed E-state index contributed by atoms with van der Waals surface area (Å²) in [5, 5.41) is 2.61. The van der Waals surface area contributed by atoms with Crippen LogP contribution in [0.2, 0.25) is 0 Å². The summed E-state index contributed by atoms with van der Waals surface area (Å²) >= 11 is 0. The van der Waals surface area contributed by atoms with Crippen molar-refractivity contribution in [2.45, 2.75) is 30.3 Å². The molecule has 0 radical (unpaired) electrons. The lowest BCUT2D eigenvalue weighted by molar-refractivity contribution is -0.137. The molecule has 0 atom stereocenters. The number of halogens is 3. The van der Waals surface area contributed by atoms with Gasteiger partial charge in [0.25, 0.3) is 0 Å². The Hall–Kier alpha value is -2.39. The van der Waals surface area contributed by atoms with Crippen LogP contribution in [0.5, 0.6) is 0 Å². The Balaban J connectivity index is 2.03. The second-order valence-corrected chi connectivity index (χ2v) is 9.36. The molecule has 0 saturated carbocycles. The molecule has 2 rings (SSSR count). The van der Waals surface area contributed by atoms with E-state index in [1.165, 1.54) is 25.2 Å². The predicted molar refractivity (Wildman–Crippen MR) is 104 cm³/mol. The van der Waals surface area contributed by atoms with Gasteiger partial charge in [0.2, 0.25) is 15.9 Å². The zero-order chi connectivity index (χ0) is 21.9. The van der Waals surface area contributed by atoms with Gasteiger partial charge in [-0.25, -0.2) is 8.42 Å². The molecule has 0 spiro atoms. The van der Waals surface area contributed by atoms with E-state index < -0.39 is 39.6 Å². The number of carbonyl (C=O) groups is 1. The largest absolute Gasteiger partial charge is 0.416 e. The van der Waals surface area contributed by atoms with Gasteiger partial charge in [-0.2, -0.15) is 17.5 Å². The lowest BCUT2D eigenvalue weighted by Gasteiger charge is -2.27. The highest BCUT2D eigenvalue weighted by Crippen LogP contribution is 2.32. The minimum Gasteiger partial charge on any atom is -0.354 e. The van der Waals surface area contributed by atoms with E-state index in [1.807, 2.05) is 0 Å². The molecule has 0 aliphatic heterocycles. The van der Waals surface area contributed by atoms with Crippen LogP contribution in [-0.4, -0.2) is 38.8 Å². The van der Waals surface area contributed by atoms with Gasteiger partial charge in [-0.05, 0) is 23.8 Å². The van der Waals surface area contributed by atoms with E-state index in [0.29, 0.717) is 5.56 Å². The van der Waals surface area contributed by atoms with Crippen molar-refractivity contribution in [3.8, 4) is 0 Å². The Morgan fingerprint density at radius 1 is 1.00 bits per heavy atom. The van der Waals surface area contributed by atoms with E-state index in [9.17, 15) is 26.4 Å². The van der Waals surface area contributed by atoms with Crippen LogP contribution in [0.1, 0.15) is 25.0 Å². The molecule has 0 aliphatic carbocycles. The maximum Gasteiger partial charge on any atom is 0.416 e. The zero-order valence-corrected chi connectivity index (χ0v) is 17.1. The molecule has 0 bridgehead atoms. The van der Waals surface area contributed by atoms with Crippen molar-refractivity contribution in [1.82, 2.24) is 9.62 Å². The van der Waals surface area contributed by atoms with Gasteiger partial charge in [-0.15, -0.1) is 0 Å². The summed E-state index contributed by atoms with van der Waals surface area (Å²) in [6.07, 6.45) is -4.45. The first-order valence-electron chi connectivity index (χ1n) is 8.80. The van der Waals surface area contributed by atoms with E-state index in [1.54, 1.807) is 38.1 Å². The van der Waals surface area contributed by atoms with Gasteiger partial charge in [-0.1, -0.05) is 50.2 Å². The average molecular weight is 428 g/mol. The maximum absolute atomic E-state index is 12.9. The fourth-order valence-corrected chi connectivity index (χ4v) is 3.80. The lowest BCUT2D eigenvalue weighted by atomic mass is 9.83. The fourth-order valence-electron chi connectivity index (χ4n) is 2.65. The minimum atomic E-state index is -4.45. The fraction of sp³-hybridized carbons (Fsp3) is 0.350. The number of carbonyl (C=O) groups excluding carboxylic acids is 1. The molecule has 0 fully saturated rings. The molecule has 0 unspecified atom stereocenters. The zero-order valence-electron chi connectivity index (χ0n) is 16.3. The number of alkyl halides is 3. The van der Waals surface area contributed by atoms with Crippen LogP contribution in [0.15, 0.2) is 59.5 Å². The van der Waals surface area contributed by atoms with Gasteiger partial charge in [0.05, 0.1) is 17.0 Å². The van der Waals surface area contributed by atoms with Crippen molar-refractivity contribution in [1.29, 1.82) is 0 Å². The Labute approximate surface area is 168 Å². The number of hydrogen-bond acceptors (Lipinski definition) is 3. The number of amides is 1. The van der Waals surface area contributed by atoms with Crippen LogP contribution >= 0.6 is 0 Å². The van der Waals surface area contributed by atoms with Crippen LogP contribution in [0.3, 0.4) is 0 Å². The summed E-state index contributed by atoms with van der Waals surface area (Å²) in [6.45, 7) is 3.04. The van der Waals surface area contributed by atoms with Crippen LogP contribution in [0, 0.1) is 0 Å². The number of likely N-dealkylation sites (N-methyl/N-ethyl adjacent to an activating group) is 1. The lowest BCUT2D eigenvalue weighted by Crippen LogP contribution is -2.42. The second kappa shape index (κ2) is 8.54. The topological polar surface area (TPSA) is 66.5 Å². The van der Waals surface area contributed by atoms with E-state index in [2.05, 4.69) is 5.32 Å². The van der Waals surface area contributed by atoms with Crippen LogP contribution in [0.25, 0.3) is 0 Å². The maximum atomic E-state index is 12.9. The van der Waals surface area contributed by atoms with Crippen molar-refractivity contribution in [2.24, 2.45) is 0 Å². The predicted octanol–water partition coefficient (Wildman–Crippen LogP) is 3.42. The average Bonchev–Trinajstić information content (AvgIpc) is 2.66. The Kier molecular flexibility index (Phi) is 6.74. The number of rotatable bonds is 7. The molecule has 0 saturated heterocycles. The smallest absolute Gasteiger partial charge is 0.354 e. The van der Waals surface area contributed by atoms with Crippen molar-refractivity contribution in [3.63, 3.8) is 0 Å². The van der Waals surface area contributed by atoms with Crippen molar-refractivity contribution >= 4 is 15.9 Å². The molecule has 158 valence electrons. The third kappa shape index (κ3) is 5.80. The summed E-state index contributed by atoms with van der Waals surface area (Å²) in [4.78, 5) is 12.3. The van der Waals surface area contributed by atoms with Gasteiger partial charge in [0.15, 0.2) is 0 Å². The summed E-state index contributed by atoms with van der Waals surface area (Å²) in [5.41, 5.74) is -1.13. The Bertz CT molecular complexity index is 958. The van der Waals surface area contributed by atoms with Gasteiger partial charge in [-0.3, -0.25) is 4.79 Å². The summed E-state index contributed by atoms with van der Waals surface area (Å²) in [7, 11) is -2.52. The normalized spacial score (nSPS) is 12.8. The molecule has 0 aliphatic rings. The van der Waals surface area contributed by atoms with Crippen molar-refractivity contribution in [2.75, 3.05) is 20.1 Å². The van der Waals surface area contributed by atoms with Crippen LogP contribution in [0.4, 0.5) is 13.2 Å². The van der Waals surface area contributed by atoms with E-state index >= 15 is 0 Å². The van der Waals surface area contributed by atoms with E-state index in [-0.39, 0.29) is 11.4 Å². The van der Waals surface area contributed by atoms with Crippen molar-refractivity contribution in [3.05, 3.63) is 65.7 Å². The van der Waals surface area contributed by atoms with Gasteiger partial charge in [0, 0.05) is 19.0 Å². The molecule has 1 amide bonds. The molecule has 2 aromatic carbocycles. The quantitative estimate of drug-likeness (QED) is 0.735. The van der Waals surface area contributed by atoms with Gasteiger partial charge >= 0.3 is 6.18 Å². The first kappa shape index (κ1) is 22.9. The molecule has 1 N–H and O–H groups in total. The Morgan fingerprint density at radius 3 is 2.17 bits per heavy atom. The molecule has 9 heteroatoms. The highest BCUT2D eigenvalue weighted by molar-refractivity contribution is 7.89. The summed E-state index contributed by atoms with van der Waals surface area (Å²) in [6, 6.07) is 12.6. The molecule has 29 heavy (non-hydrogen) atoms. The van der Waals surface area contributed by atoms with E-state index in [4.69, 9.17) is 0 Å². The summed E-state index contributed by atoms with van der Waals surface area (Å²) < 4.78 is 64.6. The highest BCUT2D eigenvalue weighted by atomic mass is 32.2. The molecule has 5 nitrogen and oxygen atoms in total. The molecule has 0 aromatic heterocycles. The number of benzene rings is 2.